The molecule has 6 nitrogen and oxygen atoms in total. The van der Waals surface area contributed by atoms with Crippen LogP contribution in [0.15, 0.2) is 60.9 Å². The van der Waals surface area contributed by atoms with Gasteiger partial charge >= 0.3 is 0 Å². The Bertz CT molecular complexity index is 866. The first-order chi connectivity index (χ1) is 12.6. The SMILES string of the molecule is COc1ccc(Nc2ncc(C(=O)NCc3ccc(F)cc3)cn2)cc1. The molecule has 0 aliphatic heterocycles. The highest BCUT2D eigenvalue weighted by Crippen LogP contribution is 2.17. The molecule has 1 aromatic heterocycles. The van der Waals surface area contributed by atoms with Crippen molar-refractivity contribution in [3.63, 3.8) is 0 Å². The largest absolute Gasteiger partial charge is 0.497 e. The molecule has 0 atom stereocenters. The average molecular weight is 352 g/mol. The van der Waals surface area contributed by atoms with Gasteiger partial charge in [-0.05, 0) is 42.0 Å². The van der Waals surface area contributed by atoms with Crippen molar-refractivity contribution in [3.05, 3.63) is 77.9 Å². The van der Waals surface area contributed by atoms with Crippen LogP contribution in [0.2, 0.25) is 0 Å². The quantitative estimate of drug-likeness (QED) is 0.712. The zero-order valence-electron chi connectivity index (χ0n) is 14.1. The third kappa shape index (κ3) is 4.54. The van der Waals surface area contributed by atoms with Gasteiger partial charge in [-0.25, -0.2) is 14.4 Å². The molecular formula is C19H17FN4O2. The summed E-state index contributed by atoms with van der Waals surface area (Å²) in [4.78, 5) is 20.4. The van der Waals surface area contributed by atoms with Crippen LogP contribution in [-0.2, 0) is 6.54 Å². The summed E-state index contributed by atoms with van der Waals surface area (Å²) in [5.41, 5.74) is 1.95. The average Bonchev–Trinajstić information content (AvgIpc) is 2.68. The maximum atomic E-state index is 12.9. The molecule has 2 N–H and O–H groups in total. The second-order valence-corrected chi connectivity index (χ2v) is 5.46. The Hall–Kier alpha value is -3.48. The summed E-state index contributed by atoms with van der Waals surface area (Å²) < 4.78 is 18.0. The highest BCUT2D eigenvalue weighted by molar-refractivity contribution is 5.93. The number of benzene rings is 2. The number of amides is 1. The van der Waals surface area contributed by atoms with Gasteiger partial charge in [0.1, 0.15) is 11.6 Å². The summed E-state index contributed by atoms with van der Waals surface area (Å²) in [6.45, 7) is 0.297. The summed E-state index contributed by atoms with van der Waals surface area (Å²) in [7, 11) is 1.60. The molecule has 26 heavy (non-hydrogen) atoms. The van der Waals surface area contributed by atoms with E-state index >= 15 is 0 Å². The first-order valence-electron chi connectivity index (χ1n) is 7.90. The first-order valence-corrected chi connectivity index (χ1v) is 7.90. The van der Waals surface area contributed by atoms with E-state index in [1.807, 2.05) is 24.3 Å². The Balaban J connectivity index is 1.57. The molecule has 0 fully saturated rings. The van der Waals surface area contributed by atoms with Crippen molar-refractivity contribution >= 4 is 17.5 Å². The molecule has 3 rings (SSSR count). The zero-order valence-corrected chi connectivity index (χ0v) is 14.1. The molecule has 0 saturated heterocycles. The van der Waals surface area contributed by atoms with Crippen LogP contribution < -0.4 is 15.4 Å². The van der Waals surface area contributed by atoms with E-state index in [1.54, 1.807) is 19.2 Å². The molecule has 0 aliphatic carbocycles. The Morgan fingerprint density at radius 2 is 1.69 bits per heavy atom. The van der Waals surface area contributed by atoms with Gasteiger partial charge in [0.2, 0.25) is 5.95 Å². The van der Waals surface area contributed by atoms with E-state index in [1.165, 1.54) is 24.5 Å². The molecule has 7 heteroatoms. The van der Waals surface area contributed by atoms with Gasteiger partial charge in [-0.3, -0.25) is 4.79 Å². The Morgan fingerprint density at radius 3 is 2.31 bits per heavy atom. The maximum absolute atomic E-state index is 12.9. The first kappa shape index (κ1) is 17.3. The number of hydrogen-bond donors (Lipinski definition) is 2. The monoisotopic (exact) mass is 352 g/mol. The molecule has 1 heterocycles. The molecule has 0 radical (unpaired) electrons. The molecule has 132 valence electrons. The number of rotatable bonds is 6. The van der Waals surface area contributed by atoms with E-state index in [4.69, 9.17) is 4.74 Å². The summed E-state index contributed by atoms with van der Waals surface area (Å²) in [5.74, 6) is 0.522. The highest BCUT2D eigenvalue weighted by atomic mass is 19.1. The Labute approximate surface area is 150 Å². The van der Waals surface area contributed by atoms with Gasteiger partial charge in [-0.2, -0.15) is 0 Å². The molecule has 0 unspecified atom stereocenters. The molecule has 1 amide bonds. The lowest BCUT2D eigenvalue weighted by atomic mass is 10.2. The molecule has 0 spiro atoms. The third-order valence-electron chi connectivity index (χ3n) is 3.63. The second-order valence-electron chi connectivity index (χ2n) is 5.46. The minimum absolute atomic E-state index is 0.297. The van der Waals surface area contributed by atoms with Crippen molar-refractivity contribution in [2.24, 2.45) is 0 Å². The number of methoxy groups -OCH3 is 1. The van der Waals surface area contributed by atoms with Crippen molar-refractivity contribution in [1.82, 2.24) is 15.3 Å². The van der Waals surface area contributed by atoms with Crippen molar-refractivity contribution in [2.45, 2.75) is 6.54 Å². The summed E-state index contributed by atoms with van der Waals surface area (Å²) in [6.07, 6.45) is 2.89. The van der Waals surface area contributed by atoms with E-state index < -0.39 is 0 Å². The number of nitrogens with zero attached hydrogens (tertiary/aromatic N) is 2. The van der Waals surface area contributed by atoms with Crippen molar-refractivity contribution in [1.29, 1.82) is 0 Å². The zero-order chi connectivity index (χ0) is 18.4. The smallest absolute Gasteiger partial charge is 0.254 e. The van der Waals surface area contributed by atoms with Crippen LogP contribution in [0, 0.1) is 5.82 Å². The van der Waals surface area contributed by atoms with Crippen LogP contribution in [0.25, 0.3) is 0 Å². The normalized spacial score (nSPS) is 10.2. The number of ether oxygens (including phenoxy) is 1. The topological polar surface area (TPSA) is 76.1 Å². The van der Waals surface area contributed by atoms with Crippen molar-refractivity contribution < 1.29 is 13.9 Å². The third-order valence-corrected chi connectivity index (χ3v) is 3.63. The summed E-state index contributed by atoms with van der Waals surface area (Å²) >= 11 is 0. The number of carbonyl (C=O) groups is 1. The van der Waals surface area contributed by atoms with E-state index in [0.717, 1.165) is 17.0 Å². The van der Waals surface area contributed by atoms with E-state index in [0.29, 0.717) is 18.1 Å². The molecule has 3 aromatic rings. The molecule has 2 aromatic carbocycles. The minimum Gasteiger partial charge on any atom is -0.497 e. The van der Waals surface area contributed by atoms with Crippen LogP contribution in [-0.4, -0.2) is 23.0 Å². The predicted molar refractivity (Wildman–Crippen MR) is 95.9 cm³/mol. The highest BCUT2D eigenvalue weighted by Gasteiger charge is 2.07. The van der Waals surface area contributed by atoms with Crippen LogP contribution >= 0.6 is 0 Å². The fourth-order valence-electron chi connectivity index (χ4n) is 2.20. The van der Waals surface area contributed by atoms with Crippen molar-refractivity contribution in [2.75, 3.05) is 12.4 Å². The lowest BCUT2D eigenvalue weighted by Gasteiger charge is -2.07. The van der Waals surface area contributed by atoms with Gasteiger partial charge in [0.15, 0.2) is 0 Å². The van der Waals surface area contributed by atoms with Gasteiger partial charge in [0.25, 0.3) is 5.91 Å². The van der Waals surface area contributed by atoms with Gasteiger partial charge in [0, 0.05) is 24.6 Å². The lowest BCUT2D eigenvalue weighted by Crippen LogP contribution is -2.23. The standard InChI is InChI=1S/C19H17FN4O2/c1-26-17-8-6-16(7-9-17)24-19-22-11-14(12-23-19)18(25)21-10-13-2-4-15(20)5-3-13/h2-9,11-12H,10H2,1H3,(H,21,25)(H,22,23,24). The van der Waals surface area contributed by atoms with E-state index in [-0.39, 0.29) is 11.7 Å². The number of nitrogens with one attached hydrogen (secondary N) is 2. The molecule has 0 saturated carbocycles. The van der Waals surface area contributed by atoms with Crippen LogP contribution in [0.3, 0.4) is 0 Å². The lowest BCUT2D eigenvalue weighted by molar-refractivity contribution is 0.0950. The number of carbonyl (C=O) groups excluding carboxylic acids is 1. The second kappa shape index (κ2) is 8.06. The predicted octanol–water partition coefficient (Wildman–Crippen LogP) is 3.30. The van der Waals surface area contributed by atoms with Gasteiger partial charge < -0.3 is 15.4 Å². The summed E-state index contributed by atoms with van der Waals surface area (Å²) in [6, 6.07) is 13.3. The number of hydrogen-bond acceptors (Lipinski definition) is 5. The molecule has 0 bridgehead atoms. The Morgan fingerprint density at radius 1 is 1.04 bits per heavy atom. The van der Waals surface area contributed by atoms with Gasteiger partial charge in [0.05, 0.1) is 12.7 Å². The molecule has 0 aliphatic rings. The van der Waals surface area contributed by atoms with Crippen molar-refractivity contribution in [3.8, 4) is 5.75 Å². The minimum atomic E-state index is -0.312. The summed E-state index contributed by atoms with van der Waals surface area (Å²) in [5, 5.41) is 5.78. The van der Waals surface area contributed by atoms with Gasteiger partial charge in [-0.15, -0.1) is 0 Å². The Kier molecular flexibility index (Phi) is 5.38. The van der Waals surface area contributed by atoms with Crippen LogP contribution in [0.4, 0.5) is 16.0 Å². The fourth-order valence-corrected chi connectivity index (χ4v) is 2.20. The van der Waals surface area contributed by atoms with E-state index in [9.17, 15) is 9.18 Å². The van der Waals surface area contributed by atoms with Gasteiger partial charge in [-0.1, -0.05) is 12.1 Å². The van der Waals surface area contributed by atoms with Crippen LogP contribution in [0.1, 0.15) is 15.9 Å². The van der Waals surface area contributed by atoms with E-state index in [2.05, 4.69) is 20.6 Å². The fraction of sp³-hybridized carbons (Fsp3) is 0.105. The number of halogens is 1. The molecular weight excluding hydrogens is 335 g/mol. The maximum Gasteiger partial charge on any atom is 0.254 e. The number of anilines is 2. The number of aromatic nitrogens is 2. The van der Waals surface area contributed by atoms with Crippen LogP contribution in [0.5, 0.6) is 5.75 Å².